The summed E-state index contributed by atoms with van der Waals surface area (Å²) in [5, 5.41) is 1.67. The molecule has 3 rings (SSSR count). The van der Waals surface area contributed by atoms with E-state index in [4.69, 9.17) is 20.3 Å². The molecule has 0 heterocycles. The van der Waals surface area contributed by atoms with Crippen molar-refractivity contribution < 1.29 is 18.5 Å². The highest BCUT2D eigenvalue weighted by atomic mass is 28.4. The van der Waals surface area contributed by atoms with Gasteiger partial charge in [-0.1, -0.05) is 118 Å². The van der Waals surface area contributed by atoms with E-state index >= 15 is 0 Å². The van der Waals surface area contributed by atoms with E-state index in [0.717, 1.165) is 56.1 Å². The third-order valence-electron chi connectivity index (χ3n) is 13.0. The molecule has 0 aromatic carbocycles. The molecule has 0 bridgehead atoms. The second-order valence-electron chi connectivity index (χ2n) is 18.8. The lowest BCUT2D eigenvalue weighted by atomic mass is 9.64. The normalized spacial score (nSPS) is 28.7. The average Bonchev–Trinajstić information content (AvgIpc) is 3.31. The smallest absolute Gasteiger partial charge is 0.243 e. The summed E-state index contributed by atoms with van der Waals surface area (Å²) in [5.74, 6) is -0.560. The summed E-state index contributed by atoms with van der Waals surface area (Å²) in [6, 6.07) is -0.00521. The molecule has 0 N–H and O–H groups in total. The predicted octanol–water partition coefficient (Wildman–Crippen LogP) is 12.6. The Balaban J connectivity index is 2.22. The molecule has 0 aromatic heterocycles. The highest BCUT2D eigenvalue weighted by molar-refractivity contribution is 6.74. The standard InChI is InChI=1S/C42H75NO4Si2/c1-17-21-36(22-18-2)43(32(5)44)46-42(47-49(15,16)40(9,10)11)29-34(31(4)38(30-42)45-48(13,14)39(6,7)8)25-24-33-23-20-28-41(12)35(19-3)26-27-37(33)41/h24-26,36-38H,4,17-23,27-30H2,1-3,5-16H3/t37?,38-,41+,42?/m0/s1. The molecule has 49 heavy (non-hydrogen) atoms. The summed E-state index contributed by atoms with van der Waals surface area (Å²) in [5.41, 5.74) is 5.61. The van der Waals surface area contributed by atoms with Gasteiger partial charge in [0.15, 0.2) is 22.4 Å². The fourth-order valence-electron chi connectivity index (χ4n) is 7.97. The summed E-state index contributed by atoms with van der Waals surface area (Å²) in [4.78, 5) is 20.7. The van der Waals surface area contributed by atoms with Gasteiger partial charge in [-0.15, -0.1) is 0 Å². The van der Waals surface area contributed by atoms with Crippen molar-refractivity contribution in [2.24, 2.45) is 11.3 Å². The van der Waals surface area contributed by atoms with Crippen LogP contribution in [0.4, 0.5) is 0 Å². The average molecular weight is 714 g/mol. The van der Waals surface area contributed by atoms with Crippen LogP contribution in [-0.4, -0.2) is 45.5 Å². The monoisotopic (exact) mass is 714 g/mol. The van der Waals surface area contributed by atoms with Crippen molar-refractivity contribution in [2.75, 3.05) is 0 Å². The zero-order valence-electron chi connectivity index (χ0n) is 34.5. The van der Waals surface area contributed by atoms with Crippen molar-refractivity contribution in [3.63, 3.8) is 0 Å². The van der Waals surface area contributed by atoms with Crippen LogP contribution in [0.3, 0.4) is 0 Å². The largest absolute Gasteiger partial charge is 0.410 e. The molecular formula is C42H75NO4Si2. The van der Waals surface area contributed by atoms with Gasteiger partial charge in [-0.3, -0.25) is 4.79 Å². The van der Waals surface area contributed by atoms with Gasteiger partial charge in [-0.25, -0.2) is 9.90 Å². The molecule has 3 aliphatic carbocycles. The SMILES string of the molecule is C=C1C(=CC=C2CCC[C@]3(C)C(CC)=CCC23)CC(ON(C(C)=O)C(CCC)CCC)(O[Si](C)(C)C(C)(C)C)C[C@@H]1O[Si](C)(C)C(C)(C)C. The Morgan fingerprint density at radius 1 is 1.02 bits per heavy atom. The van der Waals surface area contributed by atoms with Crippen molar-refractivity contribution in [3.05, 3.63) is 47.1 Å². The molecular weight excluding hydrogens is 639 g/mol. The van der Waals surface area contributed by atoms with Gasteiger partial charge < -0.3 is 8.85 Å². The fraction of sp³-hybridized carbons (Fsp3) is 0.786. The Hall–Kier alpha value is -1.26. The van der Waals surface area contributed by atoms with Gasteiger partial charge >= 0.3 is 0 Å². The highest BCUT2D eigenvalue weighted by Gasteiger charge is 2.53. The maximum Gasteiger partial charge on any atom is 0.243 e. The van der Waals surface area contributed by atoms with Gasteiger partial charge in [-0.05, 0) is 104 Å². The second-order valence-corrected chi connectivity index (χ2v) is 28.3. The van der Waals surface area contributed by atoms with Gasteiger partial charge in [-0.2, -0.15) is 0 Å². The molecule has 3 aliphatic rings. The molecule has 5 nitrogen and oxygen atoms in total. The summed E-state index contributed by atoms with van der Waals surface area (Å²) < 4.78 is 14.7. The maximum absolute atomic E-state index is 13.5. The molecule has 0 radical (unpaired) electrons. The van der Waals surface area contributed by atoms with Crippen LogP contribution in [-0.2, 0) is 18.5 Å². The number of nitrogens with zero attached hydrogens (tertiary/aromatic N) is 1. The van der Waals surface area contributed by atoms with Gasteiger partial charge in [0.25, 0.3) is 0 Å². The van der Waals surface area contributed by atoms with Crippen LogP contribution in [0.5, 0.6) is 0 Å². The minimum absolute atomic E-state index is 0.00521. The highest BCUT2D eigenvalue weighted by Crippen LogP contribution is 2.56. The zero-order valence-corrected chi connectivity index (χ0v) is 36.5. The Labute approximate surface area is 304 Å². The zero-order chi connectivity index (χ0) is 37.2. The lowest BCUT2D eigenvalue weighted by Gasteiger charge is -2.52. The first-order valence-electron chi connectivity index (χ1n) is 19.6. The van der Waals surface area contributed by atoms with Crippen molar-refractivity contribution in [1.29, 1.82) is 0 Å². The second kappa shape index (κ2) is 15.8. The van der Waals surface area contributed by atoms with Gasteiger partial charge in [0.2, 0.25) is 5.91 Å². The fourth-order valence-corrected chi connectivity index (χ4v) is 10.7. The molecule has 2 fully saturated rings. The first kappa shape index (κ1) is 42.2. The molecule has 2 saturated carbocycles. The van der Waals surface area contributed by atoms with Gasteiger partial charge in [0, 0.05) is 19.8 Å². The molecule has 0 saturated heterocycles. The van der Waals surface area contributed by atoms with Crippen LogP contribution in [0.15, 0.2) is 47.1 Å². The van der Waals surface area contributed by atoms with Crippen LogP contribution in [0.1, 0.15) is 147 Å². The van der Waals surface area contributed by atoms with Crippen molar-refractivity contribution >= 4 is 22.5 Å². The Morgan fingerprint density at radius 2 is 1.61 bits per heavy atom. The topological polar surface area (TPSA) is 48.0 Å². The third kappa shape index (κ3) is 9.41. The van der Waals surface area contributed by atoms with Crippen LogP contribution in [0.2, 0.25) is 36.3 Å². The first-order valence-corrected chi connectivity index (χ1v) is 25.4. The van der Waals surface area contributed by atoms with Crippen LogP contribution < -0.4 is 0 Å². The van der Waals surface area contributed by atoms with Crippen molar-refractivity contribution in [1.82, 2.24) is 5.06 Å². The molecule has 280 valence electrons. The summed E-state index contributed by atoms with van der Waals surface area (Å²) in [7, 11) is -4.61. The lowest BCUT2D eigenvalue weighted by molar-refractivity contribution is -0.328. The predicted molar refractivity (Wildman–Crippen MR) is 213 cm³/mol. The van der Waals surface area contributed by atoms with Crippen molar-refractivity contribution in [3.8, 4) is 0 Å². The van der Waals surface area contributed by atoms with E-state index in [0.29, 0.717) is 18.8 Å². The number of fused-ring (bicyclic) bond motifs is 1. The third-order valence-corrected chi connectivity index (χ3v) is 22.0. The van der Waals surface area contributed by atoms with Crippen molar-refractivity contribution in [2.45, 2.75) is 201 Å². The van der Waals surface area contributed by atoms with E-state index in [1.165, 1.54) is 12.8 Å². The quantitative estimate of drug-likeness (QED) is 0.0825. The number of hydrogen-bond acceptors (Lipinski definition) is 4. The molecule has 0 spiro atoms. The number of carbonyl (C=O) groups excluding carboxylic acids is 1. The number of allylic oxidation sites excluding steroid dienone is 5. The van der Waals surface area contributed by atoms with Crippen LogP contribution in [0.25, 0.3) is 0 Å². The number of carbonyl (C=O) groups is 1. The Bertz CT molecular complexity index is 1280. The van der Waals surface area contributed by atoms with E-state index < -0.39 is 22.4 Å². The number of hydroxylamine groups is 2. The molecule has 4 atom stereocenters. The van der Waals surface area contributed by atoms with E-state index in [-0.39, 0.29) is 33.5 Å². The number of amides is 1. The summed E-state index contributed by atoms with van der Waals surface area (Å²) >= 11 is 0. The van der Waals surface area contributed by atoms with Gasteiger partial charge in [0.05, 0.1) is 12.1 Å². The molecule has 2 unspecified atom stereocenters. The Kier molecular flexibility index (Phi) is 13.6. The van der Waals surface area contributed by atoms with E-state index in [1.807, 2.05) is 0 Å². The van der Waals surface area contributed by atoms with Crippen LogP contribution in [0, 0.1) is 11.3 Å². The Morgan fingerprint density at radius 3 is 2.12 bits per heavy atom. The number of hydrogen-bond donors (Lipinski definition) is 0. The lowest BCUT2D eigenvalue weighted by Crippen LogP contribution is -2.59. The van der Waals surface area contributed by atoms with E-state index in [9.17, 15) is 4.79 Å². The number of rotatable bonds is 13. The molecule has 0 aliphatic heterocycles. The molecule has 0 aromatic rings. The maximum atomic E-state index is 13.5. The first-order chi connectivity index (χ1) is 22.5. The minimum Gasteiger partial charge on any atom is -0.410 e. The van der Waals surface area contributed by atoms with Gasteiger partial charge in [0.1, 0.15) is 0 Å². The van der Waals surface area contributed by atoms with E-state index in [2.05, 4.69) is 114 Å². The van der Waals surface area contributed by atoms with Crippen LogP contribution >= 0.6 is 0 Å². The summed E-state index contributed by atoms with van der Waals surface area (Å²) in [6.07, 6.45) is 17.7. The molecule has 1 amide bonds. The summed E-state index contributed by atoms with van der Waals surface area (Å²) in [6.45, 7) is 38.5. The molecule has 7 heteroatoms. The van der Waals surface area contributed by atoms with E-state index in [1.54, 1.807) is 23.1 Å². The minimum atomic E-state index is -2.40.